The van der Waals surface area contributed by atoms with Crippen LogP contribution < -0.4 is 0 Å². The summed E-state index contributed by atoms with van der Waals surface area (Å²) in [7, 11) is 0. The predicted molar refractivity (Wildman–Crippen MR) is 102 cm³/mol. The van der Waals surface area contributed by atoms with Gasteiger partial charge in [-0.2, -0.15) is 0 Å². The molecule has 134 valence electrons. The SMILES string of the molecule is CC.CC.CC(C)(C)OC(=O)N1CCC(c2ncc(Br)s2)CC1. The summed E-state index contributed by atoms with van der Waals surface area (Å²) in [6, 6.07) is 0. The molecule has 2 heterocycles. The number of thiazole rings is 1. The third kappa shape index (κ3) is 8.15. The van der Waals surface area contributed by atoms with E-state index in [0.29, 0.717) is 5.92 Å². The van der Waals surface area contributed by atoms with E-state index in [1.807, 2.05) is 54.7 Å². The Hall–Kier alpha value is -0.620. The van der Waals surface area contributed by atoms with E-state index in [4.69, 9.17) is 4.74 Å². The van der Waals surface area contributed by atoms with Crippen LogP contribution in [0, 0.1) is 0 Å². The van der Waals surface area contributed by atoms with E-state index in [1.54, 1.807) is 16.2 Å². The number of likely N-dealkylation sites (tertiary alicyclic amines) is 1. The molecule has 0 atom stereocenters. The number of nitrogens with zero attached hydrogens (tertiary/aromatic N) is 2. The van der Waals surface area contributed by atoms with Crippen LogP contribution >= 0.6 is 27.3 Å². The van der Waals surface area contributed by atoms with Gasteiger partial charge in [-0.3, -0.25) is 0 Å². The summed E-state index contributed by atoms with van der Waals surface area (Å²) in [6.07, 6.45) is 3.56. The maximum absolute atomic E-state index is 11.9. The van der Waals surface area contributed by atoms with Crippen molar-refractivity contribution < 1.29 is 9.53 Å². The van der Waals surface area contributed by atoms with E-state index in [9.17, 15) is 4.79 Å². The summed E-state index contributed by atoms with van der Waals surface area (Å²) >= 11 is 5.12. The number of halogens is 1. The Bertz CT molecular complexity index is 450. The molecule has 23 heavy (non-hydrogen) atoms. The van der Waals surface area contributed by atoms with E-state index in [1.165, 1.54) is 0 Å². The van der Waals surface area contributed by atoms with Crippen LogP contribution in [0.4, 0.5) is 4.79 Å². The molecule has 0 aliphatic carbocycles. The third-order valence-electron chi connectivity index (χ3n) is 2.99. The zero-order chi connectivity index (χ0) is 18.0. The van der Waals surface area contributed by atoms with Gasteiger partial charge in [0.2, 0.25) is 0 Å². The van der Waals surface area contributed by atoms with E-state index in [-0.39, 0.29) is 6.09 Å². The van der Waals surface area contributed by atoms with Crippen molar-refractivity contribution in [2.24, 2.45) is 0 Å². The van der Waals surface area contributed by atoms with Crippen molar-refractivity contribution in [2.45, 2.75) is 72.8 Å². The largest absolute Gasteiger partial charge is 0.444 e. The average molecular weight is 407 g/mol. The smallest absolute Gasteiger partial charge is 0.410 e. The molecule has 0 aromatic carbocycles. The Kier molecular flexibility index (Phi) is 10.7. The number of piperidine rings is 1. The molecule has 1 amide bonds. The summed E-state index contributed by atoms with van der Waals surface area (Å²) in [6.45, 7) is 15.2. The Labute approximate surface area is 153 Å². The molecule has 2 rings (SSSR count). The first-order chi connectivity index (χ1) is 10.8. The second-order valence-electron chi connectivity index (χ2n) is 5.74. The Morgan fingerprint density at radius 3 is 2.17 bits per heavy atom. The van der Waals surface area contributed by atoms with Crippen molar-refractivity contribution in [3.8, 4) is 0 Å². The van der Waals surface area contributed by atoms with Crippen LogP contribution in [0.1, 0.15) is 72.2 Å². The van der Waals surface area contributed by atoms with E-state index in [2.05, 4.69) is 20.9 Å². The topological polar surface area (TPSA) is 42.4 Å². The summed E-state index contributed by atoms with van der Waals surface area (Å²) in [5, 5.41) is 1.16. The van der Waals surface area contributed by atoms with Crippen molar-refractivity contribution in [1.82, 2.24) is 9.88 Å². The molecule has 1 aliphatic heterocycles. The Balaban J connectivity index is 0.00000112. The van der Waals surface area contributed by atoms with Crippen LogP contribution in [0.5, 0.6) is 0 Å². The zero-order valence-corrected chi connectivity index (χ0v) is 17.9. The number of hydrogen-bond acceptors (Lipinski definition) is 4. The van der Waals surface area contributed by atoms with Gasteiger partial charge in [-0.15, -0.1) is 11.3 Å². The highest BCUT2D eigenvalue weighted by Gasteiger charge is 2.28. The predicted octanol–water partition coefficient (Wildman–Crippen LogP) is 6.07. The highest BCUT2D eigenvalue weighted by atomic mass is 79.9. The number of carbonyl (C=O) groups excluding carboxylic acids is 1. The molecule has 1 aromatic heterocycles. The van der Waals surface area contributed by atoms with Gasteiger partial charge in [0.25, 0.3) is 0 Å². The number of rotatable bonds is 1. The molecule has 0 spiro atoms. The fourth-order valence-electron chi connectivity index (χ4n) is 2.09. The number of ether oxygens (including phenoxy) is 1. The van der Waals surface area contributed by atoms with Gasteiger partial charge in [-0.25, -0.2) is 9.78 Å². The third-order valence-corrected chi connectivity index (χ3v) is 4.63. The molecule has 0 unspecified atom stereocenters. The van der Waals surface area contributed by atoms with Crippen LogP contribution in [0.3, 0.4) is 0 Å². The lowest BCUT2D eigenvalue weighted by molar-refractivity contribution is 0.0205. The molecule has 0 N–H and O–H groups in total. The normalized spacial score (nSPS) is 15.0. The van der Waals surface area contributed by atoms with E-state index < -0.39 is 5.60 Å². The molecule has 0 saturated carbocycles. The maximum Gasteiger partial charge on any atom is 0.410 e. The van der Waals surface area contributed by atoms with Crippen molar-refractivity contribution in [3.05, 3.63) is 15.0 Å². The first-order valence-electron chi connectivity index (χ1n) is 8.44. The lowest BCUT2D eigenvalue weighted by atomic mass is 9.98. The standard InChI is InChI=1S/C13H19BrN2O2S.2C2H6/c1-13(2,3)18-12(17)16-6-4-9(5-7-16)11-15-8-10(14)19-11;2*1-2/h8-9H,4-7H2,1-3H3;2*1-2H3. The molecule has 0 radical (unpaired) electrons. The molecular weight excluding hydrogens is 376 g/mol. The first-order valence-corrected chi connectivity index (χ1v) is 10.1. The van der Waals surface area contributed by atoms with Gasteiger partial charge in [0.1, 0.15) is 5.60 Å². The fraction of sp³-hybridized carbons (Fsp3) is 0.765. The van der Waals surface area contributed by atoms with Gasteiger partial charge >= 0.3 is 6.09 Å². The van der Waals surface area contributed by atoms with Crippen molar-refractivity contribution >= 4 is 33.4 Å². The van der Waals surface area contributed by atoms with Gasteiger partial charge in [0.15, 0.2) is 0 Å². The first kappa shape index (κ1) is 22.4. The lowest BCUT2D eigenvalue weighted by Crippen LogP contribution is -2.41. The van der Waals surface area contributed by atoms with Gasteiger partial charge < -0.3 is 9.64 Å². The molecule has 1 fully saturated rings. The van der Waals surface area contributed by atoms with Gasteiger partial charge in [-0.05, 0) is 49.5 Å². The van der Waals surface area contributed by atoms with Crippen molar-refractivity contribution in [2.75, 3.05) is 13.1 Å². The number of aromatic nitrogens is 1. The molecule has 1 aromatic rings. The lowest BCUT2D eigenvalue weighted by Gasteiger charge is -2.32. The fourth-order valence-corrected chi connectivity index (χ4v) is 3.50. The number of amides is 1. The molecular formula is C17H31BrN2O2S. The summed E-state index contributed by atoms with van der Waals surface area (Å²) < 4.78 is 6.46. The van der Waals surface area contributed by atoms with Crippen LogP contribution in [0.25, 0.3) is 0 Å². The highest BCUT2D eigenvalue weighted by molar-refractivity contribution is 9.11. The van der Waals surface area contributed by atoms with Crippen LogP contribution in [-0.4, -0.2) is 34.7 Å². The second kappa shape index (κ2) is 11.0. The molecule has 0 bridgehead atoms. The molecule has 1 saturated heterocycles. The minimum Gasteiger partial charge on any atom is -0.444 e. The average Bonchev–Trinajstić information content (AvgIpc) is 2.96. The zero-order valence-electron chi connectivity index (χ0n) is 15.5. The summed E-state index contributed by atoms with van der Waals surface area (Å²) in [4.78, 5) is 18.1. The number of hydrogen-bond donors (Lipinski definition) is 0. The minimum absolute atomic E-state index is 0.203. The minimum atomic E-state index is -0.423. The van der Waals surface area contributed by atoms with Crippen LogP contribution in [0.15, 0.2) is 9.98 Å². The van der Waals surface area contributed by atoms with Crippen LogP contribution in [0.2, 0.25) is 0 Å². The molecule has 6 heteroatoms. The van der Waals surface area contributed by atoms with E-state index >= 15 is 0 Å². The van der Waals surface area contributed by atoms with Gasteiger partial charge in [-0.1, -0.05) is 27.7 Å². The van der Waals surface area contributed by atoms with Gasteiger partial charge in [0, 0.05) is 19.0 Å². The number of carbonyl (C=O) groups is 1. The molecule has 4 nitrogen and oxygen atoms in total. The van der Waals surface area contributed by atoms with Gasteiger partial charge in [0.05, 0.1) is 15.0 Å². The monoisotopic (exact) mass is 406 g/mol. The van der Waals surface area contributed by atoms with Crippen molar-refractivity contribution in [3.63, 3.8) is 0 Å². The summed E-state index contributed by atoms with van der Waals surface area (Å²) in [5.74, 6) is 0.468. The van der Waals surface area contributed by atoms with Crippen molar-refractivity contribution in [1.29, 1.82) is 0 Å². The van der Waals surface area contributed by atoms with Crippen LogP contribution in [-0.2, 0) is 4.74 Å². The summed E-state index contributed by atoms with van der Waals surface area (Å²) in [5.41, 5.74) is -0.423. The van der Waals surface area contributed by atoms with E-state index in [0.717, 1.165) is 34.7 Å². The maximum atomic E-state index is 11.9. The Morgan fingerprint density at radius 2 is 1.78 bits per heavy atom. The quantitative estimate of drug-likeness (QED) is 0.567. The second-order valence-corrected chi connectivity index (χ2v) is 8.19. The Morgan fingerprint density at radius 1 is 1.26 bits per heavy atom. The molecule has 1 aliphatic rings. The highest BCUT2D eigenvalue weighted by Crippen LogP contribution is 2.33.